The fourth-order valence-electron chi connectivity index (χ4n) is 2.83. The Morgan fingerprint density at radius 2 is 2.29 bits per heavy atom. The van der Waals surface area contributed by atoms with E-state index in [0.717, 1.165) is 41.9 Å². The van der Waals surface area contributed by atoms with Gasteiger partial charge in [-0.25, -0.2) is 4.98 Å². The van der Waals surface area contributed by atoms with Gasteiger partial charge in [-0.3, -0.25) is 5.41 Å². The van der Waals surface area contributed by atoms with Gasteiger partial charge < -0.3 is 15.4 Å². The SMILES string of the molecule is CCC1COCCN1c1cc(C(=N)N)c2ccccc2n1. The lowest BCUT2D eigenvalue weighted by atomic mass is 10.1. The Hall–Kier alpha value is -2.14. The van der Waals surface area contributed by atoms with Crippen LogP contribution in [0.25, 0.3) is 10.9 Å². The predicted molar refractivity (Wildman–Crippen MR) is 85.0 cm³/mol. The molecule has 0 bridgehead atoms. The molecule has 1 fully saturated rings. The van der Waals surface area contributed by atoms with Gasteiger partial charge in [-0.15, -0.1) is 0 Å². The summed E-state index contributed by atoms with van der Waals surface area (Å²) in [7, 11) is 0. The van der Waals surface area contributed by atoms with Crippen molar-refractivity contribution in [1.29, 1.82) is 5.41 Å². The summed E-state index contributed by atoms with van der Waals surface area (Å²) in [5, 5.41) is 8.76. The zero-order valence-electron chi connectivity index (χ0n) is 12.2. The van der Waals surface area contributed by atoms with Crippen LogP contribution in [0.3, 0.4) is 0 Å². The number of nitrogen functional groups attached to an aromatic ring is 1. The molecule has 2 heterocycles. The first-order valence-electron chi connectivity index (χ1n) is 7.29. The minimum atomic E-state index is 0.0798. The predicted octanol–water partition coefficient (Wildman–Crippen LogP) is 2.13. The number of rotatable bonds is 3. The number of hydrogen-bond donors (Lipinski definition) is 2. The van der Waals surface area contributed by atoms with Gasteiger partial charge in [0.1, 0.15) is 11.7 Å². The Kier molecular flexibility index (Phi) is 3.75. The Morgan fingerprint density at radius 1 is 1.48 bits per heavy atom. The number of ether oxygens (including phenoxy) is 1. The fraction of sp³-hybridized carbons (Fsp3) is 0.375. The molecule has 1 unspecified atom stereocenters. The Morgan fingerprint density at radius 3 is 3.05 bits per heavy atom. The summed E-state index contributed by atoms with van der Waals surface area (Å²) < 4.78 is 5.55. The van der Waals surface area contributed by atoms with Crippen molar-refractivity contribution in [3.63, 3.8) is 0 Å². The summed E-state index contributed by atoms with van der Waals surface area (Å²) in [6, 6.07) is 10.1. The maximum Gasteiger partial charge on any atom is 0.130 e. The minimum absolute atomic E-state index is 0.0798. The van der Waals surface area contributed by atoms with E-state index in [2.05, 4.69) is 11.8 Å². The van der Waals surface area contributed by atoms with Gasteiger partial charge in [0.05, 0.1) is 24.8 Å². The standard InChI is InChI=1S/C16H20N4O/c1-2-11-10-21-8-7-20(11)15-9-13(16(17)18)12-5-3-4-6-14(12)19-15/h3-6,9,11H,2,7-8,10H2,1H3,(H3,17,18). The number of pyridine rings is 1. The maximum atomic E-state index is 7.83. The number of nitrogens with one attached hydrogen (secondary N) is 1. The number of nitrogens with zero attached hydrogens (tertiary/aromatic N) is 2. The molecule has 5 heteroatoms. The van der Waals surface area contributed by atoms with E-state index < -0.39 is 0 Å². The van der Waals surface area contributed by atoms with Gasteiger partial charge >= 0.3 is 0 Å². The van der Waals surface area contributed by atoms with Crippen LogP contribution in [0.1, 0.15) is 18.9 Å². The molecule has 110 valence electrons. The van der Waals surface area contributed by atoms with Crippen molar-refractivity contribution >= 4 is 22.6 Å². The van der Waals surface area contributed by atoms with E-state index in [4.69, 9.17) is 20.9 Å². The molecule has 3 N–H and O–H groups in total. The quantitative estimate of drug-likeness (QED) is 0.669. The summed E-state index contributed by atoms with van der Waals surface area (Å²) in [6.45, 7) is 4.40. The van der Waals surface area contributed by atoms with Crippen molar-refractivity contribution in [3.8, 4) is 0 Å². The van der Waals surface area contributed by atoms with Crippen molar-refractivity contribution in [1.82, 2.24) is 4.98 Å². The van der Waals surface area contributed by atoms with Gasteiger partial charge in [0.2, 0.25) is 0 Å². The third kappa shape index (κ3) is 2.56. The number of nitrogens with two attached hydrogens (primary N) is 1. The monoisotopic (exact) mass is 284 g/mol. The first-order chi connectivity index (χ1) is 10.2. The maximum absolute atomic E-state index is 7.83. The van der Waals surface area contributed by atoms with E-state index in [1.165, 1.54) is 0 Å². The lowest BCUT2D eigenvalue weighted by Gasteiger charge is -2.36. The molecule has 1 atom stereocenters. The molecule has 21 heavy (non-hydrogen) atoms. The second-order valence-electron chi connectivity index (χ2n) is 5.29. The normalized spacial score (nSPS) is 18.9. The summed E-state index contributed by atoms with van der Waals surface area (Å²) in [4.78, 5) is 7.02. The van der Waals surface area contributed by atoms with Crippen LogP contribution in [-0.2, 0) is 4.74 Å². The molecule has 0 aliphatic carbocycles. The van der Waals surface area contributed by atoms with Gasteiger partial charge in [0.15, 0.2) is 0 Å². The van der Waals surface area contributed by atoms with Crippen molar-refractivity contribution in [2.24, 2.45) is 5.73 Å². The third-order valence-electron chi connectivity index (χ3n) is 3.99. The minimum Gasteiger partial charge on any atom is -0.384 e. The second kappa shape index (κ2) is 5.69. The zero-order chi connectivity index (χ0) is 14.8. The molecule has 1 aromatic heterocycles. The summed E-state index contributed by atoms with van der Waals surface area (Å²) in [5.74, 6) is 0.963. The number of aromatic nitrogens is 1. The Balaban J connectivity index is 2.12. The van der Waals surface area contributed by atoms with E-state index in [1.807, 2.05) is 30.3 Å². The summed E-state index contributed by atoms with van der Waals surface area (Å²) in [5.41, 5.74) is 7.38. The van der Waals surface area contributed by atoms with Crippen LogP contribution in [0.2, 0.25) is 0 Å². The summed E-state index contributed by atoms with van der Waals surface area (Å²) in [6.07, 6.45) is 1.00. The highest BCUT2D eigenvalue weighted by Crippen LogP contribution is 2.25. The molecule has 3 rings (SSSR count). The highest BCUT2D eigenvalue weighted by atomic mass is 16.5. The number of fused-ring (bicyclic) bond motifs is 1. The van der Waals surface area contributed by atoms with Crippen LogP contribution in [0.4, 0.5) is 5.82 Å². The molecule has 0 spiro atoms. The molecule has 0 radical (unpaired) electrons. The molecule has 2 aromatic rings. The van der Waals surface area contributed by atoms with Crippen molar-refractivity contribution < 1.29 is 4.74 Å². The first kappa shape index (κ1) is 13.8. The summed E-state index contributed by atoms with van der Waals surface area (Å²) >= 11 is 0. The topological polar surface area (TPSA) is 75.2 Å². The van der Waals surface area contributed by atoms with Crippen LogP contribution < -0.4 is 10.6 Å². The molecule has 1 aliphatic heterocycles. The first-order valence-corrected chi connectivity index (χ1v) is 7.29. The Bertz CT molecular complexity index is 670. The average molecular weight is 284 g/mol. The number of morpholine rings is 1. The number of benzene rings is 1. The lowest BCUT2D eigenvalue weighted by Crippen LogP contribution is -2.45. The molecule has 0 saturated carbocycles. The highest BCUT2D eigenvalue weighted by Gasteiger charge is 2.23. The van der Waals surface area contributed by atoms with E-state index in [9.17, 15) is 0 Å². The third-order valence-corrected chi connectivity index (χ3v) is 3.99. The Labute approximate surface area is 124 Å². The van der Waals surface area contributed by atoms with Crippen molar-refractivity contribution in [3.05, 3.63) is 35.9 Å². The van der Waals surface area contributed by atoms with E-state index in [-0.39, 0.29) is 5.84 Å². The number of hydrogen-bond acceptors (Lipinski definition) is 4. The molecule has 1 aliphatic rings. The average Bonchev–Trinajstić information content (AvgIpc) is 2.53. The largest absolute Gasteiger partial charge is 0.384 e. The molecule has 1 saturated heterocycles. The van der Waals surface area contributed by atoms with Crippen LogP contribution in [-0.4, -0.2) is 36.6 Å². The fourth-order valence-corrected chi connectivity index (χ4v) is 2.83. The second-order valence-corrected chi connectivity index (χ2v) is 5.29. The van der Waals surface area contributed by atoms with Gasteiger partial charge in [0, 0.05) is 17.5 Å². The van der Waals surface area contributed by atoms with Crippen LogP contribution in [0, 0.1) is 5.41 Å². The van der Waals surface area contributed by atoms with Gasteiger partial charge in [0.25, 0.3) is 0 Å². The van der Waals surface area contributed by atoms with Gasteiger partial charge in [-0.1, -0.05) is 25.1 Å². The molecular weight excluding hydrogens is 264 g/mol. The van der Waals surface area contributed by atoms with Gasteiger partial charge in [-0.2, -0.15) is 0 Å². The molecule has 1 aromatic carbocycles. The molecule has 5 nitrogen and oxygen atoms in total. The molecule has 0 amide bonds. The van der Waals surface area contributed by atoms with E-state index in [1.54, 1.807) is 0 Å². The number of anilines is 1. The number of amidine groups is 1. The smallest absolute Gasteiger partial charge is 0.130 e. The highest BCUT2D eigenvalue weighted by molar-refractivity contribution is 6.07. The van der Waals surface area contributed by atoms with E-state index in [0.29, 0.717) is 12.6 Å². The van der Waals surface area contributed by atoms with Crippen molar-refractivity contribution in [2.75, 3.05) is 24.7 Å². The number of para-hydroxylation sites is 1. The van der Waals surface area contributed by atoms with Crippen LogP contribution in [0.5, 0.6) is 0 Å². The zero-order valence-corrected chi connectivity index (χ0v) is 12.2. The van der Waals surface area contributed by atoms with Gasteiger partial charge in [-0.05, 0) is 18.6 Å². The molecular formula is C16H20N4O. The van der Waals surface area contributed by atoms with Crippen molar-refractivity contribution in [2.45, 2.75) is 19.4 Å². The van der Waals surface area contributed by atoms with Crippen LogP contribution >= 0.6 is 0 Å². The lowest BCUT2D eigenvalue weighted by molar-refractivity contribution is 0.0926. The van der Waals surface area contributed by atoms with E-state index >= 15 is 0 Å². The van der Waals surface area contributed by atoms with Crippen LogP contribution in [0.15, 0.2) is 30.3 Å².